The molecule has 1 amide bonds. The van der Waals surface area contributed by atoms with Crippen molar-refractivity contribution in [3.05, 3.63) is 30.2 Å². The molecule has 0 atom stereocenters. The van der Waals surface area contributed by atoms with Crippen LogP contribution in [0.2, 0.25) is 0 Å². The quantitative estimate of drug-likeness (QED) is 0.781. The fraction of sp³-hybridized carbons (Fsp3) is 0.333. The number of nitrogens with one attached hydrogen (secondary N) is 1. The van der Waals surface area contributed by atoms with E-state index >= 15 is 0 Å². The van der Waals surface area contributed by atoms with Crippen LogP contribution in [0.3, 0.4) is 0 Å². The Morgan fingerprint density at radius 3 is 2.50 bits per heavy atom. The van der Waals surface area contributed by atoms with Gasteiger partial charge in [-0.3, -0.25) is 9.89 Å². The number of nitrogen functional groups attached to an aromatic ring is 1. The first kappa shape index (κ1) is 12.4. The van der Waals surface area contributed by atoms with Crippen molar-refractivity contribution in [1.29, 1.82) is 0 Å². The summed E-state index contributed by atoms with van der Waals surface area (Å²) >= 11 is 0. The van der Waals surface area contributed by atoms with Gasteiger partial charge in [-0.05, 0) is 6.07 Å². The fourth-order valence-electron chi connectivity index (χ4n) is 2.18. The predicted molar refractivity (Wildman–Crippen MR) is 73.1 cm³/mol. The second-order valence-corrected chi connectivity index (χ2v) is 4.53. The fourth-order valence-corrected chi connectivity index (χ4v) is 2.18. The lowest BCUT2D eigenvalue weighted by atomic mass is 10.3. The third-order valence-corrected chi connectivity index (χ3v) is 3.23. The third-order valence-electron chi connectivity index (χ3n) is 3.23. The van der Waals surface area contributed by atoms with Gasteiger partial charge in [-0.15, -0.1) is 0 Å². The first-order valence-electron chi connectivity index (χ1n) is 6.36. The van der Waals surface area contributed by atoms with E-state index in [-0.39, 0.29) is 5.91 Å². The van der Waals surface area contributed by atoms with Gasteiger partial charge >= 0.3 is 0 Å². The lowest BCUT2D eigenvalue weighted by Gasteiger charge is -2.34. The van der Waals surface area contributed by atoms with E-state index in [0.29, 0.717) is 43.6 Å². The van der Waals surface area contributed by atoms with Crippen molar-refractivity contribution in [1.82, 2.24) is 25.1 Å². The van der Waals surface area contributed by atoms with Crippen molar-refractivity contribution in [2.24, 2.45) is 0 Å². The van der Waals surface area contributed by atoms with Crippen LogP contribution in [0.15, 0.2) is 24.5 Å². The number of carbonyl (C=O) groups excluding carboxylic acids is 1. The summed E-state index contributed by atoms with van der Waals surface area (Å²) in [5.41, 5.74) is 5.93. The molecule has 1 aliphatic heterocycles. The molecule has 3 rings (SSSR count). The topological polar surface area (TPSA) is 104 Å². The number of hydrogen-bond acceptors (Lipinski definition) is 6. The lowest BCUT2D eigenvalue weighted by Crippen LogP contribution is -2.49. The summed E-state index contributed by atoms with van der Waals surface area (Å²) in [4.78, 5) is 24.5. The molecular weight excluding hydrogens is 258 g/mol. The zero-order valence-electron chi connectivity index (χ0n) is 10.9. The highest BCUT2D eigenvalue weighted by atomic mass is 16.2. The molecule has 3 heterocycles. The van der Waals surface area contributed by atoms with Gasteiger partial charge in [-0.1, -0.05) is 0 Å². The van der Waals surface area contributed by atoms with Gasteiger partial charge in [0, 0.05) is 44.6 Å². The summed E-state index contributed by atoms with van der Waals surface area (Å²) in [5, 5.41) is 6.41. The highest BCUT2D eigenvalue weighted by Crippen LogP contribution is 2.12. The third kappa shape index (κ3) is 2.40. The van der Waals surface area contributed by atoms with Gasteiger partial charge in [0.1, 0.15) is 11.5 Å². The van der Waals surface area contributed by atoms with Crippen LogP contribution in [0.5, 0.6) is 0 Å². The first-order valence-corrected chi connectivity index (χ1v) is 6.36. The molecule has 0 aliphatic carbocycles. The Labute approximate surface area is 115 Å². The number of carbonyl (C=O) groups is 1. The number of amides is 1. The number of nitrogens with two attached hydrogens (primary N) is 1. The van der Waals surface area contributed by atoms with Crippen LogP contribution >= 0.6 is 0 Å². The van der Waals surface area contributed by atoms with Gasteiger partial charge < -0.3 is 15.5 Å². The molecule has 20 heavy (non-hydrogen) atoms. The number of piperazine rings is 1. The van der Waals surface area contributed by atoms with E-state index in [9.17, 15) is 4.79 Å². The Morgan fingerprint density at radius 2 is 1.90 bits per heavy atom. The molecule has 8 heteroatoms. The minimum atomic E-state index is -0.0807. The van der Waals surface area contributed by atoms with E-state index in [1.807, 2.05) is 0 Å². The molecule has 0 spiro atoms. The Hall–Kier alpha value is -2.64. The summed E-state index contributed by atoms with van der Waals surface area (Å²) in [6.07, 6.45) is 3.43. The molecule has 0 aromatic carbocycles. The first-order chi connectivity index (χ1) is 9.74. The molecule has 104 valence electrons. The normalized spacial score (nSPS) is 15.4. The minimum absolute atomic E-state index is 0.0807. The van der Waals surface area contributed by atoms with Crippen LogP contribution in [-0.2, 0) is 0 Å². The van der Waals surface area contributed by atoms with E-state index in [2.05, 4.69) is 25.1 Å². The maximum atomic E-state index is 12.2. The van der Waals surface area contributed by atoms with Crippen molar-refractivity contribution in [3.63, 3.8) is 0 Å². The van der Waals surface area contributed by atoms with Crippen molar-refractivity contribution >= 4 is 17.7 Å². The maximum absolute atomic E-state index is 12.2. The monoisotopic (exact) mass is 273 g/mol. The highest BCUT2D eigenvalue weighted by Gasteiger charge is 2.24. The largest absolute Gasteiger partial charge is 0.382 e. The van der Waals surface area contributed by atoms with Gasteiger partial charge in [0.2, 0.25) is 5.95 Å². The second-order valence-electron chi connectivity index (χ2n) is 4.53. The van der Waals surface area contributed by atoms with Crippen LogP contribution < -0.4 is 10.6 Å². The molecular formula is C12H15N7O. The van der Waals surface area contributed by atoms with E-state index < -0.39 is 0 Å². The predicted octanol–water partition coefficient (Wildman–Crippen LogP) is -0.256. The molecule has 0 bridgehead atoms. The number of anilines is 2. The van der Waals surface area contributed by atoms with Gasteiger partial charge in [-0.25, -0.2) is 9.97 Å². The molecule has 2 aromatic heterocycles. The Bertz CT molecular complexity index is 589. The number of aromatic nitrogens is 4. The number of aromatic amines is 1. The second kappa shape index (κ2) is 5.16. The molecule has 0 radical (unpaired) electrons. The lowest BCUT2D eigenvalue weighted by molar-refractivity contribution is 0.0740. The molecule has 3 N–H and O–H groups in total. The molecule has 0 unspecified atom stereocenters. The van der Waals surface area contributed by atoms with Gasteiger partial charge in [0.25, 0.3) is 5.91 Å². The average Bonchev–Trinajstić information content (AvgIpc) is 2.94. The molecule has 1 saturated heterocycles. The van der Waals surface area contributed by atoms with Gasteiger partial charge in [-0.2, -0.15) is 5.10 Å². The van der Waals surface area contributed by atoms with Crippen LogP contribution in [-0.4, -0.2) is 57.2 Å². The van der Waals surface area contributed by atoms with E-state index in [4.69, 9.17) is 5.73 Å². The number of nitrogens with zero attached hydrogens (tertiary/aromatic N) is 5. The van der Waals surface area contributed by atoms with Crippen molar-refractivity contribution in [2.45, 2.75) is 0 Å². The van der Waals surface area contributed by atoms with E-state index in [0.717, 1.165) is 0 Å². The molecule has 1 fully saturated rings. The molecule has 8 nitrogen and oxygen atoms in total. The summed E-state index contributed by atoms with van der Waals surface area (Å²) in [6.45, 7) is 2.66. The van der Waals surface area contributed by atoms with Crippen LogP contribution in [0.25, 0.3) is 0 Å². The molecule has 0 saturated carbocycles. The summed E-state index contributed by atoms with van der Waals surface area (Å²) in [7, 11) is 0. The van der Waals surface area contributed by atoms with E-state index in [1.165, 1.54) is 0 Å². The zero-order chi connectivity index (χ0) is 13.9. The summed E-state index contributed by atoms with van der Waals surface area (Å²) in [5.74, 6) is 0.942. The van der Waals surface area contributed by atoms with Crippen molar-refractivity contribution in [2.75, 3.05) is 36.8 Å². The summed E-state index contributed by atoms with van der Waals surface area (Å²) < 4.78 is 0. The smallest absolute Gasteiger partial charge is 0.272 e. The van der Waals surface area contributed by atoms with Crippen LogP contribution in [0.1, 0.15) is 10.5 Å². The average molecular weight is 273 g/mol. The zero-order valence-corrected chi connectivity index (χ0v) is 10.9. The maximum Gasteiger partial charge on any atom is 0.272 e. The van der Waals surface area contributed by atoms with Crippen LogP contribution in [0, 0.1) is 0 Å². The highest BCUT2D eigenvalue weighted by molar-refractivity contribution is 5.93. The number of rotatable bonds is 2. The van der Waals surface area contributed by atoms with Gasteiger partial charge in [0.15, 0.2) is 0 Å². The Balaban J connectivity index is 1.63. The minimum Gasteiger partial charge on any atom is -0.382 e. The summed E-state index contributed by atoms with van der Waals surface area (Å²) in [6, 6.07) is 3.33. The van der Waals surface area contributed by atoms with Gasteiger partial charge in [0.05, 0.1) is 0 Å². The van der Waals surface area contributed by atoms with Crippen molar-refractivity contribution < 1.29 is 4.79 Å². The van der Waals surface area contributed by atoms with E-state index in [1.54, 1.807) is 29.4 Å². The Kier molecular flexibility index (Phi) is 3.20. The van der Waals surface area contributed by atoms with Crippen molar-refractivity contribution in [3.8, 4) is 0 Å². The number of H-pyrrole nitrogens is 1. The molecule has 2 aromatic rings. The number of hydrogen-bond donors (Lipinski definition) is 2. The molecule has 1 aliphatic rings. The standard InChI is InChI=1S/C12H15N7O/c13-10-8-9(16-17-10)11(20)18-4-6-19(7-5-18)12-14-2-1-3-15-12/h1-3,8H,4-7H2,(H3,13,16,17). The van der Waals surface area contributed by atoms with Crippen LogP contribution in [0.4, 0.5) is 11.8 Å². The Morgan fingerprint density at radius 1 is 1.20 bits per heavy atom. The SMILES string of the molecule is Nc1cc(C(=O)N2CCN(c3ncccn3)CC2)[nH]n1.